The minimum Gasteiger partial charge on any atom is -0.496 e. The number of esters is 1. The number of carbonyl (C=O) groups excluding carboxylic acids is 1. The van der Waals surface area contributed by atoms with Crippen LogP contribution < -0.4 is 15.4 Å². The van der Waals surface area contributed by atoms with Crippen LogP contribution >= 0.6 is 0 Å². The molecular formula is C16H25N3O4. The van der Waals surface area contributed by atoms with Crippen molar-refractivity contribution in [2.75, 3.05) is 41.5 Å². The molecule has 128 valence electrons. The van der Waals surface area contributed by atoms with E-state index in [0.717, 1.165) is 18.5 Å². The molecule has 0 radical (unpaired) electrons. The Morgan fingerprint density at radius 1 is 1.22 bits per heavy atom. The summed E-state index contributed by atoms with van der Waals surface area (Å²) in [6.45, 7) is 1.99. The van der Waals surface area contributed by atoms with E-state index in [9.17, 15) is 4.79 Å². The first-order chi connectivity index (χ1) is 11.2. The van der Waals surface area contributed by atoms with Crippen LogP contribution in [-0.2, 0) is 16.0 Å². The minimum atomic E-state index is -0.425. The molecule has 7 heteroatoms. The monoisotopic (exact) mass is 323 g/mol. The summed E-state index contributed by atoms with van der Waals surface area (Å²) in [5, 5.41) is 6.38. The molecular weight excluding hydrogens is 298 g/mol. The zero-order valence-corrected chi connectivity index (χ0v) is 14.1. The van der Waals surface area contributed by atoms with Gasteiger partial charge in [-0.15, -0.1) is 0 Å². The fraction of sp³-hybridized carbons (Fsp3) is 0.500. The summed E-state index contributed by atoms with van der Waals surface area (Å²) >= 11 is 0. The summed E-state index contributed by atoms with van der Waals surface area (Å²) in [7, 11) is 6.25. The SMILES string of the molecule is CN=C(NCCCOC)NCc1ccc(OC)c(C(=O)OC)c1. The van der Waals surface area contributed by atoms with E-state index < -0.39 is 5.97 Å². The molecule has 0 saturated heterocycles. The van der Waals surface area contributed by atoms with Gasteiger partial charge in [0.1, 0.15) is 11.3 Å². The lowest BCUT2D eigenvalue weighted by Gasteiger charge is -2.13. The largest absolute Gasteiger partial charge is 0.496 e. The fourth-order valence-electron chi connectivity index (χ4n) is 1.96. The van der Waals surface area contributed by atoms with Gasteiger partial charge in [-0.25, -0.2) is 4.79 Å². The topological polar surface area (TPSA) is 81.2 Å². The third kappa shape index (κ3) is 6.15. The normalized spacial score (nSPS) is 11.0. The number of hydrogen-bond donors (Lipinski definition) is 2. The highest BCUT2D eigenvalue weighted by atomic mass is 16.5. The Hall–Kier alpha value is -2.28. The van der Waals surface area contributed by atoms with Crippen molar-refractivity contribution in [2.24, 2.45) is 4.99 Å². The van der Waals surface area contributed by atoms with E-state index in [-0.39, 0.29) is 0 Å². The van der Waals surface area contributed by atoms with Gasteiger partial charge >= 0.3 is 5.97 Å². The highest BCUT2D eigenvalue weighted by molar-refractivity contribution is 5.92. The third-order valence-electron chi connectivity index (χ3n) is 3.17. The number of ether oxygens (including phenoxy) is 3. The molecule has 0 fully saturated rings. The van der Waals surface area contributed by atoms with Crippen LogP contribution in [0.25, 0.3) is 0 Å². The van der Waals surface area contributed by atoms with Gasteiger partial charge in [0.05, 0.1) is 14.2 Å². The van der Waals surface area contributed by atoms with Gasteiger partial charge in [0.2, 0.25) is 0 Å². The average Bonchev–Trinajstić information content (AvgIpc) is 2.60. The zero-order valence-electron chi connectivity index (χ0n) is 14.1. The highest BCUT2D eigenvalue weighted by Crippen LogP contribution is 2.20. The Labute approximate surface area is 137 Å². The molecule has 0 aromatic heterocycles. The Kier molecular flexibility index (Phi) is 8.52. The molecule has 0 aliphatic rings. The second-order valence-electron chi connectivity index (χ2n) is 4.73. The van der Waals surface area contributed by atoms with Gasteiger partial charge in [0.25, 0.3) is 0 Å². The summed E-state index contributed by atoms with van der Waals surface area (Å²) in [4.78, 5) is 15.9. The van der Waals surface area contributed by atoms with Gasteiger partial charge in [0.15, 0.2) is 5.96 Å². The van der Waals surface area contributed by atoms with Crippen molar-refractivity contribution in [3.8, 4) is 5.75 Å². The second kappa shape index (κ2) is 10.4. The zero-order chi connectivity index (χ0) is 17.1. The summed E-state index contributed by atoms with van der Waals surface area (Å²) < 4.78 is 14.9. The molecule has 0 aliphatic carbocycles. The van der Waals surface area contributed by atoms with E-state index in [1.54, 1.807) is 26.3 Å². The molecule has 0 spiro atoms. The number of aliphatic imine (C=N–C) groups is 1. The summed E-state index contributed by atoms with van der Waals surface area (Å²) in [5.41, 5.74) is 1.32. The van der Waals surface area contributed by atoms with Gasteiger partial charge in [-0.2, -0.15) is 0 Å². The number of nitrogens with one attached hydrogen (secondary N) is 2. The maximum Gasteiger partial charge on any atom is 0.341 e. The lowest BCUT2D eigenvalue weighted by molar-refractivity contribution is 0.0597. The third-order valence-corrected chi connectivity index (χ3v) is 3.17. The van der Waals surface area contributed by atoms with E-state index in [4.69, 9.17) is 14.2 Å². The van der Waals surface area contributed by atoms with Crippen LogP contribution in [0.2, 0.25) is 0 Å². The molecule has 1 aromatic carbocycles. The molecule has 0 aliphatic heterocycles. The lowest BCUT2D eigenvalue weighted by atomic mass is 10.1. The summed E-state index contributed by atoms with van der Waals surface area (Å²) in [5.74, 6) is 0.755. The Morgan fingerprint density at radius 3 is 2.61 bits per heavy atom. The molecule has 0 unspecified atom stereocenters. The lowest BCUT2D eigenvalue weighted by Crippen LogP contribution is -2.37. The van der Waals surface area contributed by atoms with Crippen molar-refractivity contribution in [1.82, 2.24) is 10.6 Å². The molecule has 0 bridgehead atoms. The smallest absolute Gasteiger partial charge is 0.341 e. The van der Waals surface area contributed by atoms with Crippen molar-refractivity contribution >= 4 is 11.9 Å². The average molecular weight is 323 g/mol. The van der Waals surface area contributed by atoms with E-state index in [0.29, 0.717) is 30.4 Å². The van der Waals surface area contributed by atoms with E-state index >= 15 is 0 Å². The first-order valence-electron chi connectivity index (χ1n) is 7.35. The molecule has 23 heavy (non-hydrogen) atoms. The molecule has 2 N–H and O–H groups in total. The molecule has 0 amide bonds. The second-order valence-corrected chi connectivity index (χ2v) is 4.73. The number of carbonyl (C=O) groups is 1. The van der Waals surface area contributed by atoms with Crippen LogP contribution in [0.15, 0.2) is 23.2 Å². The number of guanidine groups is 1. The highest BCUT2D eigenvalue weighted by Gasteiger charge is 2.13. The van der Waals surface area contributed by atoms with Gasteiger partial charge in [0, 0.05) is 33.9 Å². The molecule has 0 heterocycles. The first-order valence-corrected chi connectivity index (χ1v) is 7.35. The van der Waals surface area contributed by atoms with Crippen molar-refractivity contribution in [3.05, 3.63) is 29.3 Å². The van der Waals surface area contributed by atoms with Crippen LogP contribution in [0, 0.1) is 0 Å². The molecule has 0 saturated carbocycles. The van der Waals surface area contributed by atoms with Crippen molar-refractivity contribution in [1.29, 1.82) is 0 Å². The molecule has 1 aromatic rings. The predicted molar refractivity (Wildman–Crippen MR) is 89.0 cm³/mol. The van der Waals surface area contributed by atoms with Crippen molar-refractivity contribution in [3.63, 3.8) is 0 Å². The molecule has 1 rings (SSSR count). The Bertz CT molecular complexity index is 532. The Morgan fingerprint density at radius 2 is 2.00 bits per heavy atom. The van der Waals surface area contributed by atoms with Gasteiger partial charge in [-0.1, -0.05) is 6.07 Å². The fourth-order valence-corrected chi connectivity index (χ4v) is 1.96. The quantitative estimate of drug-likeness (QED) is 0.324. The maximum atomic E-state index is 11.8. The van der Waals surface area contributed by atoms with Crippen LogP contribution in [0.1, 0.15) is 22.3 Å². The number of rotatable bonds is 8. The van der Waals surface area contributed by atoms with Crippen LogP contribution in [0.5, 0.6) is 5.75 Å². The number of methoxy groups -OCH3 is 3. The van der Waals surface area contributed by atoms with Crippen molar-refractivity contribution in [2.45, 2.75) is 13.0 Å². The van der Waals surface area contributed by atoms with E-state index in [1.165, 1.54) is 14.2 Å². The van der Waals surface area contributed by atoms with Crippen LogP contribution in [0.4, 0.5) is 0 Å². The van der Waals surface area contributed by atoms with Gasteiger partial charge in [-0.05, 0) is 24.1 Å². The van der Waals surface area contributed by atoms with E-state index in [2.05, 4.69) is 15.6 Å². The summed E-state index contributed by atoms with van der Waals surface area (Å²) in [6.07, 6.45) is 0.895. The molecule has 0 atom stereocenters. The van der Waals surface area contributed by atoms with E-state index in [1.807, 2.05) is 6.07 Å². The van der Waals surface area contributed by atoms with Crippen LogP contribution in [0.3, 0.4) is 0 Å². The van der Waals surface area contributed by atoms with Crippen molar-refractivity contribution < 1.29 is 19.0 Å². The van der Waals surface area contributed by atoms with Crippen LogP contribution in [-0.4, -0.2) is 53.5 Å². The maximum absolute atomic E-state index is 11.8. The summed E-state index contributed by atoms with van der Waals surface area (Å²) in [6, 6.07) is 5.38. The number of nitrogens with zero attached hydrogens (tertiary/aromatic N) is 1. The predicted octanol–water partition coefficient (Wildman–Crippen LogP) is 1.18. The number of benzene rings is 1. The van der Waals surface area contributed by atoms with Gasteiger partial charge in [-0.3, -0.25) is 4.99 Å². The first kappa shape index (κ1) is 18.8. The number of hydrogen-bond acceptors (Lipinski definition) is 5. The van der Waals surface area contributed by atoms with Gasteiger partial charge < -0.3 is 24.8 Å². The standard InChI is InChI=1S/C16H25N3O4/c1-17-16(18-8-5-9-21-2)19-11-12-6-7-14(22-3)13(10-12)15(20)23-4/h6-7,10H,5,8-9,11H2,1-4H3,(H2,17,18,19). The Balaban J connectivity index is 2.64. The minimum absolute atomic E-state index is 0.400. The molecule has 7 nitrogen and oxygen atoms in total.